The summed E-state index contributed by atoms with van der Waals surface area (Å²) in [6.07, 6.45) is 77.6. The van der Waals surface area contributed by atoms with Crippen molar-refractivity contribution >= 4 is 19.7 Å². The molecule has 0 aromatic heterocycles. The van der Waals surface area contributed by atoms with Crippen molar-refractivity contribution in [1.82, 2.24) is 5.32 Å². The first-order valence-corrected chi connectivity index (χ1v) is 35.3. The third-order valence-corrected chi connectivity index (χ3v) is 15.9. The van der Waals surface area contributed by atoms with Crippen LogP contribution in [0.1, 0.15) is 310 Å². The summed E-state index contributed by atoms with van der Waals surface area (Å²) < 4.78 is 30.8. The van der Waals surface area contributed by atoms with Crippen LogP contribution in [0, 0.1) is 0 Å². The number of hydrogen-bond donors (Lipinski definition) is 2. The number of allylic oxidation sites excluding steroid dienone is 11. The number of ether oxygens (including phenoxy) is 1. The van der Waals surface area contributed by atoms with Gasteiger partial charge in [0.1, 0.15) is 19.3 Å². The van der Waals surface area contributed by atoms with Crippen LogP contribution in [0.25, 0.3) is 0 Å². The molecule has 10 heteroatoms. The third-order valence-electron chi connectivity index (χ3n) is 14.9. The number of likely N-dealkylation sites (N-methyl/N-ethyl adjacent to an activating group) is 1. The number of phosphoric acid groups is 1. The lowest BCUT2D eigenvalue weighted by atomic mass is 10.0. The van der Waals surface area contributed by atoms with Gasteiger partial charge in [-0.3, -0.25) is 18.6 Å². The highest BCUT2D eigenvalue weighted by atomic mass is 31.2. The highest BCUT2D eigenvalue weighted by Crippen LogP contribution is 2.43. The van der Waals surface area contributed by atoms with Gasteiger partial charge in [-0.1, -0.05) is 267 Å². The second kappa shape index (κ2) is 59.6. The third kappa shape index (κ3) is 60.1. The SMILES string of the molecule is CCCCC/C=C\C/C=C\C/C=C\C/C=C\CCCCCCCCCCCCCC(=O)NC(COP(=O)(O)OCC[N+](C)(C)C)C(/C=C\CCCCCCCCCCCC)OC(=O)CCCCCCCCC/C=C\CCCCCC. The van der Waals surface area contributed by atoms with Crippen molar-refractivity contribution in [3.63, 3.8) is 0 Å². The van der Waals surface area contributed by atoms with Crippen LogP contribution < -0.4 is 5.32 Å². The van der Waals surface area contributed by atoms with Crippen molar-refractivity contribution in [2.24, 2.45) is 0 Å². The van der Waals surface area contributed by atoms with Crippen molar-refractivity contribution in [2.45, 2.75) is 322 Å². The van der Waals surface area contributed by atoms with Gasteiger partial charge in [-0.05, 0) is 102 Å². The molecular weight excluding hydrogens is 1010 g/mol. The highest BCUT2D eigenvalue weighted by Gasteiger charge is 2.30. The molecule has 3 atom stereocenters. The van der Waals surface area contributed by atoms with E-state index in [2.05, 4.69) is 86.8 Å². The van der Waals surface area contributed by atoms with Crippen LogP contribution in [0.15, 0.2) is 72.9 Å². The van der Waals surface area contributed by atoms with Gasteiger partial charge in [0.05, 0.1) is 33.8 Å². The molecule has 9 nitrogen and oxygen atoms in total. The quantitative estimate of drug-likeness (QED) is 0.0205. The number of unbranched alkanes of at least 4 members (excludes halogenated alkanes) is 35. The summed E-state index contributed by atoms with van der Waals surface area (Å²) >= 11 is 0. The number of amides is 1. The fraction of sp³-hybridized carbons (Fsp3) is 0.800. The van der Waals surface area contributed by atoms with E-state index in [0.717, 1.165) is 83.5 Å². The Hall–Kier alpha value is -2.55. The Morgan fingerprint density at radius 2 is 0.762 bits per heavy atom. The molecule has 0 saturated heterocycles. The Kier molecular flexibility index (Phi) is 57.7. The number of rotatable bonds is 61. The van der Waals surface area contributed by atoms with E-state index in [1.807, 2.05) is 33.3 Å². The minimum atomic E-state index is -4.45. The molecule has 0 heterocycles. The smallest absolute Gasteiger partial charge is 0.456 e. The van der Waals surface area contributed by atoms with E-state index in [0.29, 0.717) is 17.4 Å². The summed E-state index contributed by atoms with van der Waals surface area (Å²) in [7, 11) is 1.49. The lowest BCUT2D eigenvalue weighted by Crippen LogP contribution is -2.47. The minimum absolute atomic E-state index is 0.0376. The van der Waals surface area contributed by atoms with Crippen LogP contribution in [0.5, 0.6) is 0 Å². The van der Waals surface area contributed by atoms with Gasteiger partial charge >= 0.3 is 13.8 Å². The van der Waals surface area contributed by atoms with Gasteiger partial charge in [0.25, 0.3) is 0 Å². The second-order valence-corrected chi connectivity index (χ2v) is 25.4. The second-order valence-electron chi connectivity index (χ2n) is 24.0. The Labute approximate surface area is 495 Å². The molecule has 0 bridgehead atoms. The van der Waals surface area contributed by atoms with E-state index in [-0.39, 0.29) is 31.5 Å². The average molecular weight is 1140 g/mol. The number of quaternary nitrogens is 1. The molecule has 0 rings (SSSR count). The summed E-state index contributed by atoms with van der Waals surface area (Å²) in [6, 6.07) is -0.854. The maximum Gasteiger partial charge on any atom is 0.472 e. The van der Waals surface area contributed by atoms with Crippen molar-refractivity contribution in [3.8, 4) is 0 Å². The molecule has 80 heavy (non-hydrogen) atoms. The Morgan fingerprint density at radius 1 is 0.438 bits per heavy atom. The van der Waals surface area contributed by atoms with Crippen LogP contribution >= 0.6 is 7.82 Å². The lowest BCUT2D eigenvalue weighted by Gasteiger charge is -2.27. The van der Waals surface area contributed by atoms with Crippen molar-refractivity contribution in [1.29, 1.82) is 0 Å². The van der Waals surface area contributed by atoms with Gasteiger partial charge in [-0.25, -0.2) is 4.57 Å². The Balaban J connectivity index is 5.07. The number of hydrogen-bond acceptors (Lipinski definition) is 6. The first kappa shape index (κ1) is 77.5. The number of carbonyl (C=O) groups is 2. The lowest BCUT2D eigenvalue weighted by molar-refractivity contribution is -0.870. The fourth-order valence-corrected chi connectivity index (χ4v) is 10.4. The minimum Gasteiger partial charge on any atom is -0.456 e. The standard InChI is InChI=1S/C70H129N2O7P/c1-7-10-13-16-19-22-25-28-30-31-32-33-34-35-36-37-38-39-40-41-43-44-47-50-53-56-59-62-69(73)71-67(66-78-80(75,76)77-65-64-72(4,5)6)68(61-58-55-52-49-46-27-24-21-18-15-12-9-3)79-70(74)63-60-57-54-51-48-45-42-29-26-23-20-17-14-11-8-2/h19,22-23,26,28,30,32-33,35-36,58,61,67-68H,7-18,20-21,24-25,27,29,31,34,37-57,59-60,62-66H2,1-6H3,(H-,71,73,75,76)/p+1/b22-19-,26-23-,30-28-,33-32-,36-35-,61-58-. The molecule has 0 aliphatic heterocycles. The molecule has 1 amide bonds. The molecule has 0 aromatic rings. The fourth-order valence-electron chi connectivity index (χ4n) is 9.63. The molecule has 0 fully saturated rings. The number of carbonyl (C=O) groups excluding carboxylic acids is 2. The monoisotopic (exact) mass is 1140 g/mol. The van der Waals surface area contributed by atoms with Gasteiger partial charge in [0.15, 0.2) is 0 Å². The van der Waals surface area contributed by atoms with E-state index in [1.54, 1.807) is 0 Å². The molecule has 0 aromatic carbocycles. The molecule has 0 aliphatic carbocycles. The van der Waals surface area contributed by atoms with Crippen molar-refractivity contribution < 1.29 is 37.3 Å². The molecule has 0 radical (unpaired) electrons. The zero-order chi connectivity index (χ0) is 58.6. The summed E-state index contributed by atoms with van der Waals surface area (Å²) in [6.45, 7) is 6.99. The van der Waals surface area contributed by atoms with Crippen molar-refractivity contribution in [2.75, 3.05) is 40.9 Å². The van der Waals surface area contributed by atoms with Gasteiger partial charge in [-0.2, -0.15) is 0 Å². The largest absolute Gasteiger partial charge is 0.472 e. The number of nitrogens with one attached hydrogen (secondary N) is 1. The molecule has 2 N–H and O–H groups in total. The first-order chi connectivity index (χ1) is 38.9. The number of esters is 1. The highest BCUT2D eigenvalue weighted by molar-refractivity contribution is 7.47. The van der Waals surface area contributed by atoms with Crippen LogP contribution in [0.4, 0.5) is 0 Å². The zero-order valence-electron chi connectivity index (χ0n) is 53.3. The van der Waals surface area contributed by atoms with E-state index in [1.165, 1.54) is 193 Å². The predicted octanol–water partition coefficient (Wildman–Crippen LogP) is 21.2. The summed E-state index contributed by atoms with van der Waals surface area (Å²) in [4.78, 5) is 37.8. The molecule has 3 unspecified atom stereocenters. The maximum absolute atomic E-state index is 13.6. The van der Waals surface area contributed by atoms with Crippen LogP contribution in [0.2, 0.25) is 0 Å². The molecule has 0 saturated carbocycles. The Bertz CT molecular complexity index is 1600. The van der Waals surface area contributed by atoms with Crippen LogP contribution in [0.3, 0.4) is 0 Å². The molecule has 0 spiro atoms. The van der Waals surface area contributed by atoms with E-state index in [4.69, 9.17) is 13.8 Å². The number of nitrogens with zero attached hydrogens (tertiary/aromatic N) is 1. The van der Waals surface area contributed by atoms with Gasteiger partial charge < -0.3 is 19.4 Å². The topological polar surface area (TPSA) is 111 Å². The van der Waals surface area contributed by atoms with Crippen LogP contribution in [-0.2, 0) is 27.9 Å². The molecule has 0 aliphatic rings. The summed E-state index contributed by atoms with van der Waals surface area (Å²) in [5.74, 6) is -0.508. The predicted molar refractivity (Wildman–Crippen MR) is 346 cm³/mol. The zero-order valence-corrected chi connectivity index (χ0v) is 54.2. The van der Waals surface area contributed by atoms with E-state index in [9.17, 15) is 19.0 Å². The van der Waals surface area contributed by atoms with Crippen molar-refractivity contribution in [3.05, 3.63) is 72.9 Å². The summed E-state index contributed by atoms with van der Waals surface area (Å²) in [5.41, 5.74) is 0. The average Bonchev–Trinajstić information content (AvgIpc) is 3.42. The molecule has 466 valence electrons. The first-order valence-electron chi connectivity index (χ1n) is 33.8. The Morgan fingerprint density at radius 3 is 1.19 bits per heavy atom. The van der Waals surface area contributed by atoms with E-state index >= 15 is 0 Å². The summed E-state index contributed by atoms with van der Waals surface area (Å²) in [5, 5.41) is 3.06. The van der Waals surface area contributed by atoms with Gasteiger partial charge in [0, 0.05) is 12.8 Å². The van der Waals surface area contributed by atoms with Crippen LogP contribution in [-0.4, -0.2) is 74.3 Å². The number of phosphoric ester groups is 1. The van der Waals surface area contributed by atoms with Gasteiger partial charge in [-0.15, -0.1) is 0 Å². The molecular formula is C70H130N2O7P+. The maximum atomic E-state index is 13.6. The normalized spacial score (nSPS) is 14.0. The van der Waals surface area contributed by atoms with Gasteiger partial charge in [0.2, 0.25) is 5.91 Å². The van der Waals surface area contributed by atoms with E-state index < -0.39 is 20.0 Å².